The Morgan fingerprint density at radius 3 is 2.33 bits per heavy atom. The van der Waals surface area contributed by atoms with E-state index in [4.69, 9.17) is 28.9 Å². The van der Waals surface area contributed by atoms with Gasteiger partial charge in [-0.15, -0.1) is 0 Å². The summed E-state index contributed by atoms with van der Waals surface area (Å²) >= 11 is 12.1. The fourth-order valence-corrected chi connectivity index (χ4v) is 2.51. The number of carbonyl (C=O) groups is 1. The summed E-state index contributed by atoms with van der Waals surface area (Å²) in [5.74, 6) is 0.0800. The molecular weight excluding hydrogens is 305 g/mol. The third-order valence-corrected chi connectivity index (χ3v) is 4.29. The van der Waals surface area contributed by atoms with Gasteiger partial charge in [-0.3, -0.25) is 4.79 Å². The molecule has 0 unspecified atom stereocenters. The maximum atomic E-state index is 12.7. The number of hydrogen-bond acceptors (Lipinski definition) is 2. The van der Waals surface area contributed by atoms with E-state index in [1.54, 1.807) is 30.3 Å². The van der Waals surface area contributed by atoms with Gasteiger partial charge in [0.2, 0.25) is 0 Å². The van der Waals surface area contributed by atoms with Crippen molar-refractivity contribution in [3.8, 4) is 0 Å². The second-order valence-corrected chi connectivity index (χ2v) is 6.43. The van der Waals surface area contributed by atoms with E-state index >= 15 is 0 Å². The van der Waals surface area contributed by atoms with Crippen LogP contribution in [0.2, 0.25) is 10.0 Å². The number of carbonyl (C=O) groups excluding carboxylic acids is 1. The van der Waals surface area contributed by atoms with Crippen LogP contribution in [-0.4, -0.2) is 5.78 Å². The highest BCUT2D eigenvalue weighted by Gasteiger charge is 2.29. The summed E-state index contributed by atoms with van der Waals surface area (Å²) in [7, 11) is 0. The molecule has 2 aromatic carbocycles. The predicted molar refractivity (Wildman–Crippen MR) is 89.1 cm³/mol. The van der Waals surface area contributed by atoms with Crippen LogP contribution in [0.5, 0.6) is 0 Å². The number of anilines is 1. The van der Waals surface area contributed by atoms with Gasteiger partial charge in [0.1, 0.15) is 5.78 Å². The SMILES string of the molecule is CC(C)(C(=O)Cc1cc(Cl)ccc1Cl)c1ccc(N)cc1. The lowest BCUT2D eigenvalue weighted by atomic mass is 9.78. The lowest BCUT2D eigenvalue weighted by Gasteiger charge is -2.24. The largest absolute Gasteiger partial charge is 0.399 e. The number of hydrogen-bond donors (Lipinski definition) is 1. The fraction of sp³-hybridized carbons (Fsp3) is 0.235. The molecule has 0 atom stereocenters. The van der Waals surface area contributed by atoms with E-state index in [1.165, 1.54) is 0 Å². The average molecular weight is 322 g/mol. The Kier molecular flexibility index (Phi) is 4.60. The second-order valence-electron chi connectivity index (χ2n) is 5.58. The summed E-state index contributed by atoms with van der Waals surface area (Å²) in [6, 6.07) is 12.5. The maximum Gasteiger partial charge on any atom is 0.147 e. The van der Waals surface area contributed by atoms with Gasteiger partial charge in [0, 0.05) is 27.6 Å². The molecule has 0 saturated carbocycles. The van der Waals surface area contributed by atoms with Crippen molar-refractivity contribution in [1.82, 2.24) is 0 Å². The molecule has 0 bridgehead atoms. The topological polar surface area (TPSA) is 43.1 Å². The van der Waals surface area contributed by atoms with Gasteiger partial charge in [-0.1, -0.05) is 35.3 Å². The molecule has 0 radical (unpaired) electrons. The van der Waals surface area contributed by atoms with Crippen molar-refractivity contribution in [3.63, 3.8) is 0 Å². The van der Waals surface area contributed by atoms with E-state index in [2.05, 4.69) is 0 Å². The molecule has 0 amide bonds. The summed E-state index contributed by atoms with van der Waals surface area (Å²) in [6.45, 7) is 3.80. The predicted octanol–water partition coefficient (Wildman–Crippen LogP) is 4.67. The van der Waals surface area contributed by atoms with Gasteiger partial charge in [-0.25, -0.2) is 0 Å². The first-order valence-corrected chi connectivity index (χ1v) is 7.39. The third-order valence-electron chi connectivity index (χ3n) is 3.69. The molecule has 110 valence electrons. The minimum absolute atomic E-state index is 0.0800. The maximum absolute atomic E-state index is 12.7. The molecule has 2 N–H and O–H groups in total. The van der Waals surface area contributed by atoms with E-state index in [0.717, 1.165) is 11.1 Å². The lowest BCUT2D eigenvalue weighted by Crippen LogP contribution is -2.30. The first-order chi connectivity index (χ1) is 9.80. The fourth-order valence-electron chi connectivity index (χ4n) is 2.13. The quantitative estimate of drug-likeness (QED) is 0.832. The minimum atomic E-state index is -0.612. The lowest BCUT2D eigenvalue weighted by molar-refractivity contribution is -0.122. The number of halogens is 2. The van der Waals surface area contributed by atoms with Crippen molar-refractivity contribution in [1.29, 1.82) is 0 Å². The van der Waals surface area contributed by atoms with Crippen LogP contribution in [0, 0.1) is 0 Å². The highest BCUT2D eigenvalue weighted by Crippen LogP contribution is 2.29. The van der Waals surface area contributed by atoms with Crippen molar-refractivity contribution in [2.75, 3.05) is 5.73 Å². The molecule has 2 aromatic rings. The van der Waals surface area contributed by atoms with Gasteiger partial charge < -0.3 is 5.73 Å². The normalized spacial score (nSPS) is 11.4. The molecule has 0 fully saturated rings. The number of Topliss-reactive ketones (excluding diaryl/α,β-unsaturated/α-hetero) is 1. The molecule has 2 nitrogen and oxygen atoms in total. The van der Waals surface area contributed by atoms with Gasteiger partial charge in [0.25, 0.3) is 0 Å². The molecule has 0 aliphatic carbocycles. The van der Waals surface area contributed by atoms with E-state index < -0.39 is 5.41 Å². The first-order valence-electron chi connectivity index (χ1n) is 6.64. The summed E-state index contributed by atoms with van der Waals surface area (Å²) in [4.78, 5) is 12.7. The van der Waals surface area contributed by atoms with E-state index in [9.17, 15) is 4.79 Å². The van der Waals surface area contributed by atoms with Crippen LogP contribution in [0.15, 0.2) is 42.5 Å². The minimum Gasteiger partial charge on any atom is -0.399 e. The van der Waals surface area contributed by atoms with Gasteiger partial charge >= 0.3 is 0 Å². The molecule has 0 aliphatic rings. The van der Waals surface area contributed by atoms with Gasteiger partial charge in [0.15, 0.2) is 0 Å². The van der Waals surface area contributed by atoms with E-state index in [1.807, 2.05) is 26.0 Å². The molecule has 4 heteroatoms. The molecule has 0 heterocycles. The van der Waals surface area contributed by atoms with Crippen LogP contribution < -0.4 is 5.73 Å². The third kappa shape index (κ3) is 3.58. The van der Waals surface area contributed by atoms with Crippen molar-refractivity contribution in [2.24, 2.45) is 0 Å². The van der Waals surface area contributed by atoms with Crippen LogP contribution in [0.25, 0.3) is 0 Å². The first kappa shape index (κ1) is 15.9. The van der Waals surface area contributed by atoms with Crippen LogP contribution in [0.1, 0.15) is 25.0 Å². The molecule has 0 saturated heterocycles. The van der Waals surface area contributed by atoms with E-state index in [0.29, 0.717) is 15.7 Å². The van der Waals surface area contributed by atoms with Crippen LogP contribution in [0.4, 0.5) is 5.69 Å². The zero-order valence-electron chi connectivity index (χ0n) is 12.0. The Morgan fingerprint density at radius 2 is 1.71 bits per heavy atom. The highest BCUT2D eigenvalue weighted by atomic mass is 35.5. The summed E-state index contributed by atoms with van der Waals surface area (Å²) in [6.07, 6.45) is 0.247. The Balaban J connectivity index is 2.26. The standard InChI is InChI=1S/C17H17Cl2NO/c1-17(2,12-3-6-14(20)7-4-12)16(21)10-11-9-13(18)5-8-15(11)19/h3-9H,10,20H2,1-2H3. The summed E-state index contributed by atoms with van der Waals surface area (Å²) < 4.78 is 0. The Labute approximate surface area is 134 Å². The summed E-state index contributed by atoms with van der Waals surface area (Å²) in [5.41, 5.74) is 7.44. The monoisotopic (exact) mass is 321 g/mol. The Morgan fingerprint density at radius 1 is 1.10 bits per heavy atom. The van der Waals surface area contributed by atoms with E-state index in [-0.39, 0.29) is 12.2 Å². The number of rotatable bonds is 4. The Hall–Kier alpha value is -1.51. The van der Waals surface area contributed by atoms with Crippen molar-refractivity contribution >= 4 is 34.7 Å². The molecule has 0 spiro atoms. The number of ketones is 1. The highest BCUT2D eigenvalue weighted by molar-refractivity contribution is 6.33. The van der Waals surface area contributed by atoms with Crippen molar-refractivity contribution < 1.29 is 4.79 Å². The Bertz CT molecular complexity index is 663. The molecule has 0 aliphatic heterocycles. The van der Waals surface area contributed by atoms with Crippen molar-refractivity contribution in [3.05, 3.63) is 63.6 Å². The molecule has 2 rings (SSSR count). The second kappa shape index (κ2) is 6.08. The smallest absolute Gasteiger partial charge is 0.147 e. The van der Waals surface area contributed by atoms with Crippen LogP contribution in [-0.2, 0) is 16.6 Å². The zero-order valence-corrected chi connectivity index (χ0v) is 13.5. The number of nitrogen functional groups attached to an aromatic ring is 1. The number of nitrogens with two attached hydrogens (primary N) is 1. The van der Waals surface area contributed by atoms with Crippen molar-refractivity contribution in [2.45, 2.75) is 25.7 Å². The zero-order chi connectivity index (χ0) is 15.6. The molecular formula is C17H17Cl2NO. The van der Waals surface area contributed by atoms with Gasteiger partial charge in [-0.05, 0) is 55.3 Å². The molecule has 21 heavy (non-hydrogen) atoms. The summed E-state index contributed by atoms with van der Waals surface area (Å²) in [5, 5.41) is 1.13. The van der Waals surface area contributed by atoms with Crippen LogP contribution in [0.3, 0.4) is 0 Å². The number of benzene rings is 2. The van der Waals surface area contributed by atoms with Crippen LogP contribution >= 0.6 is 23.2 Å². The van der Waals surface area contributed by atoms with Gasteiger partial charge in [0.05, 0.1) is 0 Å². The van der Waals surface area contributed by atoms with Gasteiger partial charge in [-0.2, -0.15) is 0 Å². The molecule has 0 aromatic heterocycles. The average Bonchev–Trinajstić information content (AvgIpc) is 2.43.